The van der Waals surface area contributed by atoms with Crippen molar-refractivity contribution >= 4 is 35.4 Å². The molecule has 6 nitrogen and oxygen atoms in total. The molecule has 1 unspecified atom stereocenters. The normalized spacial score (nSPS) is 18.1. The lowest BCUT2D eigenvalue weighted by Gasteiger charge is -2.37. The number of nitrogens with one attached hydrogen (secondary N) is 2. The van der Waals surface area contributed by atoms with Gasteiger partial charge in [0.25, 0.3) is 0 Å². The van der Waals surface area contributed by atoms with Gasteiger partial charge in [0.2, 0.25) is 11.7 Å². The Hall–Kier alpha value is -1.80. The van der Waals surface area contributed by atoms with E-state index in [9.17, 15) is 4.79 Å². The van der Waals surface area contributed by atoms with E-state index in [0.29, 0.717) is 13.2 Å². The smallest absolute Gasteiger partial charge is 0.238 e. The molecule has 0 aliphatic heterocycles. The topological polar surface area (TPSA) is 85.6 Å². The summed E-state index contributed by atoms with van der Waals surface area (Å²) in [7, 11) is 0. The van der Waals surface area contributed by atoms with Crippen molar-refractivity contribution in [1.29, 1.82) is 0 Å². The molecule has 1 aromatic carbocycles. The molecule has 1 aromatic rings. The summed E-state index contributed by atoms with van der Waals surface area (Å²) >= 11 is 4.91. The van der Waals surface area contributed by atoms with Crippen LogP contribution in [-0.2, 0) is 14.3 Å². The van der Waals surface area contributed by atoms with Gasteiger partial charge in [0.05, 0.1) is 0 Å². The second kappa shape index (κ2) is 7.65. The Morgan fingerprint density at radius 2 is 1.87 bits per heavy atom. The molecule has 23 heavy (non-hydrogen) atoms. The van der Waals surface area contributed by atoms with Crippen LogP contribution in [0.5, 0.6) is 0 Å². The van der Waals surface area contributed by atoms with E-state index in [4.69, 9.17) is 27.5 Å². The summed E-state index contributed by atoms with van der Waals surface area (Å²) in [6.07, 6.45) is 3.67. The molecule has 124 valence electrons. The molecule has 0 bridgehead atoms. The number of benzene rings is 1. The minimum Gasteiger partial charge on any atom is -0.346 e. The van der Waals surface area contributed by atoms with E-state index >= 15 is 0 Å². The van der Waals surface area contributed by atoms with Crippen LogP contribution < -0.4 is 27.0 Å². The average Bonchev–Trinajstić information content (AvgIpc) is 2.54. The lowest BCUT2D eigenvalue weighted by Crippen LogP contribution is -2.55. The zero-order valence-corrected chi connectivity index (χ0v) is 14.0. The van der Waals surface area contributed by atoms with Gasteiger partial charge in [-0.05, 0) is 42.6 Å². The fourth-order valence-corrected chi connectivity index (χ4v) is 2.74. The minimum atomic E-state index is -1.17. The minimum absolute atomic E-state index is 0.0455. The highest BCUT2D eigenvalue weighted by atomic mass is 32.1. The highest BCUT2D eigenvalue weighted by molar-refractivity contribution is 7.80. The summed E-state index contributed by atoms with van der Waals surface area (Å²) in [4.78, 5) is 12.6. The van der Waals surface area contributed by atoms with Crippen LogP contribution in [0.25, 0.3) is 12.2 Å². The molecule has 1 amide bonds. The van der Waals surface area contributed by atoms with E-state index in [1.165, 1.54) is 0 Å². The highest BCUT2D eigenvalue weighted by Gasteiger charge is 2.43. The lowest BCUT2D eigenvalue weighted by atomic mass is 9.90. The maximum absolute atomic E-state index is 12.6. The van der Waals surface area contributed by atoms with Gasteiger partial charge in [0.15, 0.2) is 5.11 Å². The first-order chi connectivity index (χ1) is 11.1. The van der Waals surface area contributed by atoms with Crippen LogP contribution in [0.3, 0.4) is 0 Å². The zero-order chi connectivity index (χ0) is 16.9. The third-order valence-corrected chi connectivity index (χ3v) is 3.74. The van der Waals surface area contributed by atoms with Gasteiger partial charge in [0, 0.05) is 13.2 Å². The first kappa shape index (κ1) is 17.6. The Morgan fingerprint density at radius 3 is 2.43 bits per heavy atom. The van der Waals surface area contributed by atoms with Crippen LogP contribution in [-0.4, -0.2) is 30.0 Å². The molecule has 1 aliphatic rings. The second-order valence-electron chi connectivity index (χ2n) is 4.97. The van der Waals surface area contributed by atoms with Crippen molar-refractivity contribution in [3.8, 4) is 0 Å². The molecule has 1 atom stereocenters. The van der Waals surface area contributed by atoms with Gasteiger partial charge in [-0.1, -0.05) is 30.3 Å². The van der Waals surface area contributed by atoms with Crippen molar-refractivity contribution in [3.05, 3.63) is 34.7 Å². The Balaban J connectivity index is 2.52. The predicted molar refractivity (Wildman–Crippen MR) is 92.2 cm³/mol. The Morgan fingerprint density at radius 1 is 1.26 bits per heavy atom. The van der Waals surface area contributed by atoms with E-state index in [-0.39, 0.29) is 11.0 Å². The summed E-state index contributed by atoms with van der Waals surface area (Å²) in [6, 6.07) is 7.74. The monoisotopic (exact) mass is 335 g/mol. The summed E-state index contributed by atoms with van der Waals surface area (Å²) in [6.45, 7) is 4.51. The van der Waals surface area contributed by atoms with Crippen molar-refractivity contribution in [2.45, 2.75) is 19.6 Å². The number of ether oxygens (including phenoxy) is 2. The predicted octanol–water partition coefficient (Wildman–Crippen LogP) is -0.489. The molecule has 7 heteroatoms. The molecule has 0 aromatic heterocycles. The third-order valence-electron chi connectivity index (χ3n) is 3.52. The lowest BCUT2D eigenvalue weighted by molar-refractivity contribution is -0.207. The van der Waals surface area contributed by atoms with Crippen molar-refractivity contribution in [1.82, 2.24) is 10.7 Å². The van der Waals surface area contributed by atoms with E-state index in [1.807, 2.05) is 50.3 Å². The fourth-order valence-electron chi connectivity index (χ4n) is 2.64. The van der Waals surface area contributed by atoms with Crippen molar-refractivity contribution in [2.24, 2.45) is 11.8 Å². The van der Waals surface area contributed by atoms with Crippen LogP contribution >= 0.6 is 12.2 Å². The zero-order valence-electron chi connectivity index (χ0n) is 13.2. The number of nitrogens with two attached hydrogens (primary N) is 1. The van der Waals surface area contributed by atoms with Gasteiger partial charge in [-0.15, -0.1) is 0 Å². The van der Waals surface area contributed by atoms with Gasteiger partial charge < -0.3 is 20.2 Å². The van der Waals surface area contributed by atoms with E-state index in [2.05, 4.69) is 10.7 Å². The molecule has 4 N–H and O–H groups in total. The van der Waals surface area contributed by atoms with Crippen LogP contribution in [0, 0.1) is 5.92 Å². The SMILES string of the molecule is CCOC1(OCC)C=c2ccccc2=CC1C(=O)NC(=S)NN. The van der Waals surface area contributed by atoms with E-state index in [1.54, 1.807) is 0 Å². The van der Waals surface area contributed by atoms with Gasteiger partial charge in [0.1, 0.15) is 5.92 Å². The Labute approximate surface area is 140 Å². The number of hydrazine groups is 1. The number of carbonyl (C=O) groups excluding carboxylic acids is 1. The van der Waals surface area contributed by atoms with Gasteiger partial charge in [-0.2, -0.15) is 0 Å². The molecule has 2 rings (SSSR count). The van der Waals surface area contributed by atoms with E-state index in [0.717, 1.165) is 10.4 Å². The summed E-state index contributed by atoms with van der Waals surface area (Å²) in [5.74, 6) is 3.01. The van der Waals surface area contributed by atoms with Crippen molar-refractivity contribution < 1.29 is 14.3 Å². The number of thiocarbonyl (C=S) groups is 1. The Bertz CT molecular complexity index is 699. The maximum atomic E-state index is 12.6. The largest absolute Gasteiger partial charge is 0.346 e. The fraction of sp³-hybridized carbons (Fsp3) is 0.375. The number of hydrogen-bond donors (Lipinski definition) is 3. The van der Waals surface area contributed by atoms with Crippen molar-refractivity contribution in [3.63, 3.8) is 0 Å². The molecule has 1 aliphatic carbocycles. The number of hydrogen-bond acceptors (Lipinski definition) is 5. The first-order valence-corrected chi connectivity index (χ1v) is 7.86. The molecule has 0 saturated heterocycles. The third kappa shape index (κ3) is 3.76. The first-order valence-electron chi connectivity index (χ1n) is 7.45. The number of carbonyl (C=O) groups is 1. The number of rotatable bonds is 5. The molecular formula is C16H21N3O3S. The quantitative estimate of drug-likeness (QED) is 0.291. The van der Waals surface area contributed by atoms with Crippen molar-refractivity contribution in [2.75, 3.05) is 13.2 Å². The molecular weight excluding hydrogens is 314 g/mol. The van der Waals surface area contributed by atoms with Gasteiger partial charge in [-0.25, -0.2) is 5.84 Å². The van der Waals surface area contributed by atoms with Crippen LogP contribution in [0.4, 0.5) is 0 Å². The molecule has 0 radical (unpaired) electrons. The molecule has 0 fully saturated rings. The average molecular weight is 335 g/mol. The molecule has 0 heterocycles. The Kier molecular flexibility index (Phi) is 5.84. The maximum Gasteiger partial charge on any atom is 0.238 e. The summed E-state index contributed by atoms with van der Waals surface area (Å²) < 4.78 is 11.7. The summed E-state index contributed by atoms with van der Waals surface area (Å²) in [5.41, 5.74) is 2.24. The number of amides is 1. The van der Waals surface area contributed by atoms with Crippen LogP contribution in [0.2, 0.25) is 0 Å². The molecule has 0 saturated carbocycles. The van der Waals surface area contributed by atoms with E-state index < -0.39 is 11.7 Å². The number of fused-ring (bicyclic) bond motifs is 1. The van der Waals surface area contributed by atoms with Crippen LogP contribution in [0.1, 0.15) is 13.8 Å². The highest BCUT2D eigenvalue weighted by Crippen LogP contribution is 2.29. The van der Waals surface area contributed by atoms with Gasteiger partial charge in [-0.3, -0.25) is 4.79 Å². The van der Waals surface area contributed by atoms with Crippen LogP contribution in [0.15, 0.2) is 24.3 Å². The molecule has 0 spiro atoms. The standard InChI is InChI=1S/C16H21N3O3S/c1-3-21-16(22-4-2)10-12-8-6-5-7-11(12)9-13(16)14(20)18-15(23)19-17/h5-10,13H,3-4,17H2,1-2H3,(H2,18,19,20,23). The second-order valence-corrected chi connectivity index (χ2v) is 5.38. The van der Waals surface area contributed by atoms with Gasteiger partial charge >= 0.3 is 0 Å². The summed E-state index contributed by atoms with van der Waals surface area (Å²) in [5, 5.41) is 4.49.